The Balaban J connectivity index is 1.45. The molecule has 0 saturated carbocycles. The van der Waals surface area contributed by atoms with Gasteiger partial charge in [0.1, 0.15) is 5.15 Å². The summed E-state index contributed by atoms with van der Waals surface area (Å²) in [6.07, 6.45) is 5.68. The third-order valence-corrected chi connectivity index (χ3v) is 7.58. The summed E-state index contributed by atoms with van der Waals surface area (Å²) in [5.41, 5.74) is 2.86. The number of aromatic nitrogens is 1. The van der Waals surface area contributed by atoms with Crippen LogP contribution >= 0.6 is 11.6 Å². The molecule has 0 N–H and O–H groups in total. The van der Waals surface area contributed by atoms with Crippen LogP contribution in [-0.2, 0) is 22.9 Å². The lowest BCUT2D eigenvalue weighted by molar-refractivity contribution is 0.0697. The summed E-state index contributed by atoms with van der Waals surface area (Å²) in [5.74, 6) is -0.157. The van der Waals surface area contributed by atoms with Gasteiger partial charge in [0, 0.05) is 32.4 Å². The van der Waals surface area contributed by atoms with Crippen molar-refractivity contribution >= 4 is 27.5 Å². The fourth-order valence-corrected chi connectivity index (χ4v) is 5.42. The highest BCUT2D eigenvalue weighted by Gasteiger charge is 2.31. The van der Waals surface area contributed by atoms with E-state index in [-0.39, 0.29) is 19.0 Å². The minimum atomic E-state index is -3.55. The molecule has 0 bridgehead atoms. The zero-order valence-electron chi connectivity index (χ0n) is 15.5. The summed E-state index contributed by atoms with van der Waals surface area (Å²) in [5, 5.41) is 0.331. The van der Waals surface area contributed by atoms with Gasteiger partial charge in [0.25, 0.3) is 5.91 Å². The van der Waals surface area contributed by atoms with Gasteiger partial charge in [-0.2, -0.15) is 4.31 Å². The molecule has 1 fully saturated rings. The number of hydrogen-bond acceptors (Lipinski definition) is 4. The quantitative estimate of drug-likeness (QED) is 0.717. The van der Waals surface area contributed by atoms with Crippen LogP contribution in [0.2, 0.25) is 5.15 Å². The lowest BCUT2D eigenvalue weighted by Crippen LogP contribution is -2.50. The number of nitrogens with zero attached hydrogens (tertiary/aromatic N) is 3. The first kappa shape index (κ1) is 19.4. The number of aryl methyl sites for hydroxylation is 2. The van der Waals surface area contributed by atoms with Crippen LogP contribution in [0, 0.1) is 0 Å². The highest BCUT2D eigenvalue weighted by Crippen LogP contribution is 2.26. The third-order valence-electron chi connectivity index (χ3n) is 5.46. The Bertz CT molecular complexity index is 984. The molecule has 1 aromatic heterocycles. The molecule has 1 aromatic carbocycles. The van der Waals surface area contributed by atoms with Gasteiger partial charge in [-0.25, -0.2) is 13.4 Å². The van der Waals surface area contributed by atoms with Crippen LogP contribution < -0.4 is 0 Å². The fourth-order valence-electron chi connectivity index (χ4n) is 3.84. The van der Waals surface area contributed by atoms with E-state index < -0.39 is 10.0 Å². The zero-order chi connectivity index (χ0) is 19.7. The highest BCUT2D eigenvalue weighted by atomic mass is 35.5. The molecule has 148 valence electrons. The number of sulfonamides is 1. The first-order chi connectivity index (χ1) is 13.4. The highest BCUT2D eigenvalue weighted by molar-refractivity contribution is 7.89. The summed E-state index contributed by atoms with van der Waals surface area (Å²) < 4.78 is 27.6. The van der Waals surface area contributed by atoms with E-state index in [1.54, 1.807) is 23.1 Å². The molecule has 6 nitrogen and oxygen atoms in total. The molecule has 1 aliphatic carbocycles. The molecule has 1 amide bonds. The van der Waals surface area contributed by atoms with Crippen molar-refractivity contribution in [2.75, 3.05) is 26.2 Å². The standard InChI is InChI=1S/C20H22ClN3O3S/c21-19-8-6-17(14-22-19)20(25)23-9-11-24(12-10-23)28(26,27)18-7-5-15-3-1-2-4-16(15)13-18/h5-8,13-14H,1-4,9-12H2. The normalized spacial score (nSPS) is 18.0. The second-order valence-corrected chi connectivity index (χ2v) is 9.53. The summed E-state index contributed by atoms with van der Waals surface area (Å²) >= 11 is 5.76. The maximum Gasteiger partial charge on any atom is 0.255 e. The van der Waals surface area contributed by atoms with Crippen LogP contribution in [0.4, 0.5) is 0 Å². The minimum absolute atomic E-state index is 0.157. The molecule has 1 aliphatic heterocycles. The zero-order valence-corrected chi connectivity index (χ0v) is 17.0. The fraction of sp³-hybridized carbons (Fsp3) is 0.400. The topological polar surface area (TPSA) is 70.6 Å². The van der Waals surface area contributed by atoms with E-state index in [9.17, 15) is 13.2 Å². The van der Waals surface area contributed by atoms with E-state index >= 15 is 0 Å². The van der Waals surface area contributed by atoms with Gasteiger partial charge in [-0.3, -0.25) is 4.79 Å². The molecule has 0 atom stereocenters. The molecule has 2 aliphatic rings. The number of carbonyl (C=O) groups is 1. The maximum absolute atomic E-state index is 13.1. The first-order valence-corrected chi connectivity index (χ1v) is 11.3. The smallest absolute Gasteiger partial charge is 0.255 e. The first-order valence-electron chi connectivity index (χ1n) is 9.48. The number of halogens is 1. The SMILES string of the molecule is O=C(c1ccc(Cl)nc1)N1CCN(S(=O)(=O)c2ccc3c(c2)CCCC3)CC1. The summed E-state index contributed by atoms with van der Waals surface area (Å²) in [4.78, 5) is 18.5. The Labute approximate surface area is 170 Å². The summed E-state index contributed by atoms with van der Waals surface area (Å²) in [7, 11) is -3.55. The van der Waals surface area contributed by atoms with Crippen LogP contribution in [0.25, 0.3) is 0 Å². The van der Waals surface area contributed by atoms with Gasteiger partial charge in [0.15, 0.2) is 0 Å². The number of piperazine rings is 1. The second kappa shape index (κ2) is 7.81. The number of rotatable bonds is 3. The average Bonchev–Trinajstić information content (AvgIpc) is 2.73. The molecule has 0 radical (unpaired) electrons. The van der Waals surface area contributed by atoms with Crippen LogP contribution in [0.15, 0.2) is 41.4 Å². The molecule has 2 heterocycles. The molecular formula is C20H22ClN3O3S. The van der Waals surface area contributed by atoms with E-state index in [0.717, 1.165) is 31.2 Å². The van der Waals surface area contributed by atoms with E-state index in [2.05, 4.69) is 4.98 Å². The van der Waals surface area contributed by atoms with Crippen molar-refractivity contribution in [3.05, 3.63) is 58.4 Å². The van der Waals surface area contributed by atoms with Crippen molar-refractivity contribution in [2.24, 2.45) is 0 Å². The van der Waals surface area contributed by atoms with Crippen LogP contribution in [0.1, 0.15) is 34.3 Å². The minimum Gasteiger partial charge on any atom is -0.336 e. The number of amides is 1. The summed E-state index contributed by atoms with van der Waals surface area (Å²) in [6, 6.07) is 8.71. The van der Waals surface area contributed by atoms with E-state index in [0.29, 0.717) is 28.7 Å². The van der Waals surface area contributed by atoms with Gasteiger partial charge in [-0.1, -0.05) is 17.7 Å². The van der Waals surface area contributed by atoms with E-state index in [4.69, 9.17) is 11.6 Å². The van der Waals surface area contributed by atoms with Gasteiger partial charge < -0.3 is 4.90 Å². The number of hydrogen-bond donors (Lipinski definition) is 0. The average molecular weight is 420 g/mol. The largest absolute Gasteiger partial charge is 0.336 e. The molecule has 2 aromatic rings. The number of carbonyl (C=O) groups excluding carboxylic acids is 1. The predicted octanol–water partition coefficient (Wildman–Crippen LogP) is 2.76. The van der Waals surface area contributed by atoms with Gasteiger partial charge in [0.2, 0.25) is 10.0 Å². The van der Waals surface area contributed by atoms with Crippen LogP contribution in [-0.4, -0.2) is 54.7 Å². The Kier molecular flexibility index (Phi) is 5.40. The van der Waals surface area contributed by atoms with Crippen molar-refractivity contribution in [1.29, 1.82) is 0 Å². The molecule has 4 rings (SSSR count). The Hall–Kier alpha value is -1.96. The van der Waals surface area contributed by atoms with Crippen LogP contribution in [0.3, 0.4) is 0 Å². The van der Waals surface area contributed by atoms with E-state index in [1.165, 1.54) is 16.1 Å². The lowest BCUT2D eigenvalue weighted by Gasteiger charge is -2.34. The van der Waals surface area contributed by atoms with E-state index in [1.807, 2.05) is 12.1 Å². The predicted molar refractivity (Wildman–Crippen MR) is 107 cm³/mol. The van der Waals surface area contributed by atoms with Gasteiger partial charge in [-0.05, 0) is 61.1 Å². The Morgan fingerprint density at radius 3 is 2.36 bits per heavy atom. The molecule has 28 heavy (non-hydrogen) atoms. The monoisotopic (exact) mass is 419 g/mol. The second-order valence-electron chi connectivity index (χ2n) is 7.20. The maximum atomic E-state index is 13.1. The van der Waals surface area contributed by atoms with Crippen LogP contribution in [0.5, 0.6) is 0 Å². The number of fused-ring (bicyclic) bond motifs is 1. The lowest BCUT2D eigenvalue weighted by atomic mass is 9.92. The number of benzene rings is 1. The third kappa shape index (κ3) is 3.79. The molecule has 8 heteroatoms. The van der Waals surface area contributed by atoms with Gasteiger partial charge in [0.05, 0.1) is 10.5 Å². The van der Waals surface area contributed by atoms with Gasteiger partial charge in [-0.15, -0.1) is 0 Å². The van der Waals surface area contributed by atoms with Crippen molar-refractivity contribution in [3.8, 4) is 0 Å². The molecule has 1 saturated heterocycles. The van der Waals surface area contributed by atoms with Crippen molar-refractivity contribution < 1.29 is 13.2 Å². The van der Waals surface area contributed by atoms with Crippen molar-refractivity contribution in [1.82, 2.24) is 14.2 Å². The molecular weight excluding hydrogens is 398 g/mol. The van der Waals surface area contributed by atoms with Crippen molar-refractivity contribution in [3.63, 3.8) is 0 Å². The molecule has 0 unspecified atom stereocenters. The molecule has 0 spiro atoms. The Morgan fingerprint density at radius 2 is 1.68 bits per heavy atom. The Morgan fingerprint density at radius 1 is 0.964 bits per heavy atom. The summed E-state index contributed by atoms with van der Waals surface area (Å²) in [6.45, 7) is 1.27. The number of pyridine rings is 1. The van der Waals surface area contributed by atoms with Gasteiger partial charge >= 0.3 is 0 Å². The van der Waals surface area contributed by atoms with Crippen molar-refractivity contribution in [2.45, 2.75) is 30.6 Å².